The molecular weight excluding hydrogens is 294 g/mol. The summed E-state index contributed by atoms with van der Waals surface area (Å²) in [6.07, 6.45) is 6.05. The van der Waals surface area contributed by atoms with Gasteiger partial charge >= 0.3 is 0 Å². The number of hydrogen-bond donors (Lipinski definition) is 2. The number of nitrogens with zero attached hydrogens (tertiary/aromatic N) is 1. The van der Waals surface area contributed by atoms with Crippen LogP contribution in [0.2, 0.25) is 0 Å². The number of hydrogen-bond acceptors (Lipinski definition) is 5. The van der Waals surface area contributed by atoms with Crippen LogP contribution in [-0.2, 0) is 22.9 Å². The lowest BCUT2D eigenvalue weighted by atomic mass is 10.0. The summed E-state index contributed by atoms with van der Waals surface area (Å²) >= 11 is 1.49. The van der Waals surface area contributed by atoms with Gasteiger partial charge in [-0.1, -0.05) is 6.92 Å². The molecule has 1 heterocycles. The summed E-state index contributed by atoms with van der Waals surface area (Å²) in [6, 6.07) is 0. The standard InChI is InChI=1S/C13H23N3O2S2/c1-2-8-14-9-5-10-20(17,18)16-13-15-11-6-3-4-7-12(11)19-13/h14H,2-10H2,1H3,(H,15,16). The third-order valence-electron chi connectivity index (χ3n) is 3.28. The van der Waals surface area contributed by atoms with Crippen molar-refractivity contribution in [1.29, 1.82) is 0 Å². The molecule has 0 aromatic carbocycles. The van der Waals surface area contributed by atoms with Crippen molar-refractivity contribution in [3.8, 4) is 0 Å². The molecule has 1 aliphatic rings. The molecule has 0 saturated heterocycles. The van der Waals surface area contributed by atoms with Gasteiger partial charge in [0.1, 0.15) is 0 Å². The van der Waals surface area contributed by atoms with Crippen LogP contribution in [0.5, 0.6) is 0 Å². The molecule has 0 radical (unpaired) electrons. The highest BCUT2D eigenvalue weighted by Gasteiger charge is 2.18. The summed E-state index contributed by atoms with van der Waals surface area (Å²) < 4.78 is 26.6. The Kier molecular flexibility index (Phi) is 5.80. The summed E-state index contributed by atoms with van der Waals surface area (Å²) in [6.45, 7) is 3.77. The maximum Gasteiger partial charge on any atom is 0.234 e. The zero-order chi connectivity index (χ0) is 14.4. The molecule has 0 amide bonds. The molecular formula is C13H23N3O2S2. The quantitative estimate of drug-likeness (QED) is 0.721. The van der Waals surface area contributed by atoms with E-state index in [1.807, 2.05) is 0 Å². The summed E-state index contributed by atoms with van der Waals surface area (Å²) in [5, 5.41) is 3.75. The van der Waals surface area contributed by atoms with E-state index in [0.717, 1.165) is 44.5 Å². The highest BCUT2D eigenvalue weighted by atomic mass is 32.2. The number of aromatic nitrogens is 1. The average molecular weight is 317 g/mol. The molecule has 2 N–H and O–H groups in total. The molecule has 0 spiro atoms. The van der Waals surface area contributed by atoms with Crippen LogP contribution in [0.15, 0.2) is 0 Å². The Balaban J connectivity index is 1.83. The number of sulfonamides is 1. The Bertz CT molecular complexity index is 502. The summed E-state index contributed by atoms with van der Waals surface area (Å²) in [5.74, 6) is 0.147. The number of thiazole rings is 1. The minimum atomic E-state index is -3.26. The van der Waals surface area contributed by atoms with E-state index in [0.29, 0.717) is 11.6 Å². The fourth-order valence-corrected chi connectivity index (χ4v) is 4.66. The molecule has 114 valence electrons. The maximum atomic E-state index is 12.0. The molecule has 0 atom stereocenters. The van der Waals surface area contributed by atoms with Crippen LogP contribution < -0.4 is 10.0 Å². The summed E-state index contributed by atoms with van der Waals surface area (Å²) in [7, 11) is -3.26. The molecule has 1 aliphatic carbocycles. The molecule has 0 saturated carbocycles. The fraction of sp³-hybridized carbons (Fsp3) is 0.769. The minimum Gasteiger partial charge on any atom is -0.317 e. The van der Waals surface area contributed by atoms with Crippen LogP contribution in [-0.4, -0.2) is 32.2 Å². The Morgan fingerprint density at radius 2 is 2.05 bits per heavy atom. The largest absolute Gasteiger partial charge is 0.317 e. The van der Waals surface area contributed by atoms with Crippen molar-refractivity contribution >= 4 is 26.5 Å². The topological polar surface area (TPSA) is 71.1 Å². The molecule has 0 bridgehead atoms. The molecule has 2 rings (SSSR count). The first-order valence-electron chi connectivity index (χ1n) is 7.30. The van der Waals surface area contributed by atoms with Gasteiger partial charge in [0, 0.05) is 4.88 Å². The first kappa shape index (κ1) is 15.7. The van der Waals surface area contributed by atoms with E-state index >= 15 is 0 Å². The van der Waals surface area contributed by atoms with Crippen LogP contribution in [0.1, 0.15) is 43.2 Å². The Morgan fingerprint density at radius 1 is 1.25 bits per heavy atom. The number of nitrogens with one attached hydrogen (secondary N) is 2. The third-order valence-corrected chi connectivity index (χ3v) is 5.81. The van der Waals surface area contributed by atoms with Gasteiger partial charge in [-0.25, -0.2) is 13.4 Å². The predicted octanol–water partition coefficient (Wildman–Crippen LogP) is 2.15. The summed E-state index contributed by atoms with van der Waals surface area (Å²) in [5.41, 5.74) is 1.09. The van der Waals surface area contributed by atoms with E-state index in [-0.39, 0.29) is 5.75 Å². The molecule has 1 aromatic heterocycles. The van der Waals surface area contributed by atoms with Crippen molar-refractivity contribution in [2.45, 2.75) is 45.4 Å². The van der Waals surface area contributed by atoms with Crippen molar-refractivity contribution < 1.29 is 8.42 Å². The van der Waals surface area contributed by atoms with Crippen molar-refractivity contribution in [2.75, 3.05) is 23.6 Å². The third kappa shape index (κ3) is 4.71. The SMILES string of the molecule is CCCNCCCS(=O)(=O)Nc1nc2c(s1)CCCC2. The molecule has 5 nitrogen and oxygen atoms in total. The van der Waals surface area contributed by atoms with Gasteiger partial charge in [0.2, 0.25) is 10.0 Å². The van der Waals surface area contributed by atoms with Gasteiger partial charge in [-0.3, -0.25) is 4.72 Å². The second-order valence-electron chi connectivity index (χ2n) is 5.12. The van der Waals surface area contributed by atoms with Crippen molar-refractivity contribution in [3.63, 3.8) is 0 Å². The molecule has 20 heavy (non-hydrogen) atoms. The maximum absolute atomic E-state index is 12.0. The van der Waals surface area contributed by atoms with Gasteiger partial charge in [-0.05, 0) is 51.6 Å². The van der Waals surface area contributed by atoms with Gasteiger partial charge < -0.3 is 5.32 Å². The highest BCUT2D eigenvalue weighted by molar-refractivity contribution is 7.92. The fourth-order valence-electron chi connectivity index (χ4n) is 2.27. The first-order valence-corrected chi connectivity index (χ1v) is 9.77. The summed E-state index contributed by atoms with van der Waals surface area (Å²) in [4.78, 5) is 5.65. The van der Waals surface area contributed by atoms with Crippen LogP contribution in [0.3, 0.4) is 0 Å². The van der Waals surface area contributed by atoms with E-state index < -0.39 is 10.0 Å². The van der Waals surface area contributed by atoms with E-state index in [4.69, 9.17) is 0 Å². The second kappa shape index (κ2) is 7.38. The van der Waals surface area contributed by atoms with Gasteiger partial charge in [0.05, 0.1) is 11.4 Å². The van der Waals surface area contributed by atoms with Crippen LogP contribution in [0.25, 0.3) is 0 Å². The lowest BCUT2D eigenvalue weighted by Gasteiger charge is -2.06. The van der Waals surface area contributed by atoms with Gasteiger partial charge in [-0.15, -0.1) is 11.3 Å². The molecule has 0 unspecified atom stereocenters. The second-order valence-corrected chi connectivity index (χ2v) is 8.05. The van der Waals surface area contributed by atoms with Crippen LogP contribution in [0, 0.1) is 0 Å². The van der Waals surface area contributed by atoms with Crippen molar-refractivity contribution in [1.82, 2.24) is 10.3 Å². The normalized spacial score (nSPS) is 15.1. The van der Waals surface area contributed by atoms with Crippen LogP contribution >= 0.6 is 11.3 Å². The molecule has 0 fully saturated rings. The predicted molar refractivity (Wildman–Crippen MR) is 83.9 cm³/mol. The minimum absolute atomic E-state index is 0.147. The molecule has 0 aliphatic heterocycles. The van der Waals surface area contributed by atoms with Gasteiger partial charge in [0.15, 0.2) is 5.13 Å². The first-order chi connectivity index (χ1) is 9.61. The van der Waals surface area contributed by atoms with E-state index in [1.54, 1.807) is 0 Å². The van der Waals surface area contributed by atoms with Gasteiger partial charge in [0.25, 0.3) is 0 Å². The molecule has 1 aromatic rings. The smallest absolute Gasteiger partial charge is 0.234 e. The van der Waals surface area contributed by atoms with Crippen molar-refractivity contribution in [2.24, 2.45) is 0 Å². The molecule has 7 heteroatoms. The van der Waals surface area contributed by atoms with Crippen LogP contribution in [0.4, 0.5) is 5.13 Å². The van der Waals surface area contributed by atoms with E-state index in [1.165, 1.54) is 22.6 Å². The lowest BCUT2D eigenvalue weighted by Crippen LogP contribution is -2.22. The Labute approximate surface area is 125 Å². The number of fused-ring (bicyclic) bond motifs is 1. The average Bonchev–Trinajstić information content (AvgIpc) is 2.79. The Hall–Kier alpha value is -0.660. The number of aryl methyl sites for hydroxylation is 2. The van der Waals surface area contributed by atoms with E-state index in [9.17, 15) is 8.42 Å². The zero-order valence-corrected chi connectivity index (χ0v) is 13.6. The highest BCUT2D eigenvalue weighted by Crippen LogP contribution is 2.29. The monoisotopic (exact) mass is 317 g/mol. The van der Waals surface area contributed by atoms with Crippen molar-refractivity contribution in [3.05, 3.63) is 10.6 Å². The Morgan fingerprint density at radius 3 is 2.80 bits per heavy atom. The zero-order valence-electron chi connectivity index (χ0n) is 11.9. The van der Waals surface area contributed by atoms with Gasteiger partial charge in [-0.2, -0.15) is 0 Å². The number of anilines is 1. The lowest BCUT2D eigenvalue weighted by molar-refractivity contribution is 0.593. The van der Waals surface area contributed by atoms with E-state index in [2.05, 4.69) is 21.9 Å². The number of rotatable bonds is 8.